The molecule has 2 aromatic heterocycles. The molecule has 9 aromatic carbocycles. The topological polar surface area (TPSA) is 29.5 Å². The van der Waals surface area contributed by atoms with E-state index >= 15 is 0 Å². The Kier molecular flexibility index (Phi) is 7.14. The Labute approximate surface area is 335 Å². The summed E-state index contributed by atoms with van der Waals surface area (Å²) in [5.74, 6) is 0. The van der Waals surface area contributed by atoms with Crippen LogP contribution in [0.2, 0.25) is 0 Å². The summed E-state index contributed by atoms with van der Waals surface area (Å²) >= 11 is 0. The van der Waals surface area contributed by atoms with Gasteiger partial charge in [0.15, 0.2) is 5.58 Å². The average molecular weight is 742 g/mol. The molecule has 12 rings (SSSR count). The van der Waals surface area contributed by atoms with Crippen molar-refractivity contribution in [1.82, 2.24) is 0 Å². The lowest BCUT2D eigenvalue weighted by Gasteiger charge is -2.35. The summed E-state index contributed by atoms with van der Waals surface area (Å²) in [5, 5.41) is 4.37. The fraction of sp³-hybridized carbons (Fsp3) is 0.0182. The quantitative estimate of drug-likeness (QED) is 0.170. The van der Waals surface area contributed by atoms with Gasteiger partial charge in [0.1, 0.15) is 16.7 Å². The minimum Gasteiger partial charge on any atom is -0.456 e. The van der Waals surface area contributed by atoms with Crippen LogP contribution in [0.15, 0.2) is 221 Å². The van der Waals surface area contributed by atoms with E-state index in [0.717, 1.165) is 72.1 Å². The van der Waals surface area contributed by atoms with Crippen LogP contribution in [0.5, 0.6) is 0 Å². The van der Waals surface area contributed by atoms with Crippen molar-refractivity contribution in [2.75, 3.05) is 4.90 Å². The molecule has 1 aliphatic carbocycles. The van der Waals surface area contributed by atoms with Crippen molar-refractivity contribution in [3.63, 3.8) is 0 Å². The molecule has 1 aliphatic rings. The zero-order valence-corrected chi connectivity index (χ0v) is 31.5. The van der Waals surface area contributed by atoms with E-state index in [-0.39, 0.29) is 0 Å². The van der Waals surface area contributed by atoms with Crippen molar-refractivity contribution in [2.45, 2.75) is 5.41 Å². The maximum atomic E-state index is 6.82. The van der Waals surface area contributed by atoms with Gasteiger partial charge in [0.2, 0.25) is 0 Å². The van der Waals surface area contributed by atoms with Crippen LogP contribution in [-0.2, 0) is 5.41 Å². The van der Waals surface area contributed by atoms with Crippen LogP contribution in [0.4, 0.5) is 17.1 Å². The number of rotatable bonds is 6. The molecule has 0 fully saturated rings. The zero-order valence-electron chi connectivity index (χ0n) is 31.5. The van der Waals surface area contributed by atoms with E-state index in [1.165, 1.54) is 33.4 Å². The molecule has 0 saturated heterocycles. The molecule has 0 unspecified atom stereocenters. The maximum absolute atomic E-state index is 6.82. The third kappa shape index (κ3) is 4.68. The molecule has 0 bridgehead atoms. The second kappa shape index (κ2) is 12.7. The number of furan rings is 2. The molecule has 0 radical (unpaired) electrons. The highest BCUT2D eigenvalue weighted by Gasteiger charge is 2.47. The van der Waals surface area contributed by atoms with Crippen molar-refractivity contribution < 1.29 is 8.83 Å². The van der Waals surface area contributed by atoms with Crippen molar-refractivity contribution in [1.29, 1.82) is 0 Å². The van der Waals surface area contributed by atoms with Gasteiger partial charge in [-0.1, -0.05) is 158 Å². The monoisotopic (exact) mass is 741 g/mol. The highest BCUT2D eigenvalue weighted by atomic mass is 16.3. The summed E-state index contributed by atoms with van der Waals surface area (Å²) in [7, 11) is 0. The zero-order chi connectivity index (χ0) is 38.2. The molecule has 2 heterocycles. The highest BCUT2D eigenvalue weighted by molar-refractivity contribution is 6.12. The Morgan fingerprint density at radius 1 is 0.345 bits per heavy atom. The maximum Gasteiger partial charge on any atom is 0.159 e. The number of hydrogen-bond donors (Lipinski definition) is 0. The van der Waals surface area contributed by atoms with Crippen LogP contribution >= 0.6 is 0 Å². The molecule has 0 saturated carbocycles. The number of nitrogens with zero attached hydrogens (tertiary/aromatic N) is 1. The van der Waals surface area contributed by atoms with Gasteiger partial charge in [0.25, 0.3) is 0 Å². The molecular formula is C55H35NO2. The minimum atomic E-state index is -0.583. The van der Waals surface area contributed by atoms with Crippen molar-refractivity contribution in [3.8, 4) is 22.3 Å². The smallest absolute Gasteiger partial charge is 0.159 e. The minimum absolute atomic E-state index is 0.583. The van der Waals surface area contributed by atoms with Gasteiger partial charge in [-0.15, -0.1) is 0 Å². The van der Waals surface area contributed by atoms with Crippen LogP contribution in [0.25, 0.3) is 66.1 Å². The standard InChI is InChI=1S/C55H35NO2/c1-4-17-37(18-5-1)55(38-19-6-2-7-20-38)47-27-13-10-23-40(47)45-34-44(36-31-32-53-46(33-36)42-25-12-14-29-51(42)57-53)50(35-48(45)55)56(39-21-8-3-9-22-39)49-28-16-26-43-41-24-11-15-30-52(41)58-54(43)49/h1-35H. The Bertz CT molecular complexity index is 3300. The fourth-order valence-electron chi connectivity index (χ4n) is 9.68. The molecule has 0 atom stereocenters. The molecule has 3 heteroatoms. The number of hydrogen-bond acceptors (Lipinski definition) is 3. The van der Waals surface area contributed by atoms with Crippen LogP contribution in [0.3, 0.4) is 0 Å². The first-order valence-electron chi connectivity index (χ1n) is 19.8. The lowest BCUT2D eigenvalue weighted by Crippen LogP contribution is -2.28. The van der Waals surface area contributed by atoms with Gasteiger partial charge in [0, 0.05) is 32.8 Å². The summed E-state index contributed by atoms with van der Waals surface area (Å²) in [4.78, 5) is 2.40. The van der Waals surface area contributed by atoms with Gasteiger partial charge >= 0.3 is 0 Å². The van der Waals surface area contributed by atoms with Gasteiger partial charge in [-0.05, 0) is 93.5 Å². The normalized spacial score (nSPS) is 13.0. The summed E-state index contributed by atoms with van der Waals surface area (Å²) < 4.78 is 13.2. The van der Waals surface area contributed by atoms with Gasteiger partial charge < -0.3 is 13.7 Å². The fourth-order valence-corrected chi connectivity index (χ4v) is 9.68. The molecule has 0 N–H and O–H groups in total. The molecule has 0 spiro atoms. The second-order valence-electron chi connectivity index (χ2n) is 15.2. The number of fused-ring (bicyclic) bond motifs is 9. The third-order valence-corrected chi connectivity index (χ3v) is 12.1. The molecule has 11 aromatic rings. The first-order valence-corrected chi connectivity index (χ1v) is 19.8. The second-order valence-corrected chi connectivity index (χ2v) is 15.2. The predicted molar refractivity (Wildman–Crippen MR) is 238 cm³/mol. The molecule has 3 nitrogen and oxygen atoms in total. The largest absolute Gasteiger partial charge is 0.456 e. The summed E-state index contributed by atoms with van der Waals surface area (Å²) in [6.45, 7) is 0. The van der Waals surface area contributed by atoms with Gasteiger partial charge in [-0.3, -0.25) is 0 Å². The van der Waals surface area contributed by atoms with Crippen molar-refractivity contribution in [3.05, 3.63) is 235 Å². The SMILES string of the molecule is c1ccc(N(c2cc3c(cc2-c2ccc4oc5ccccc5c4c2)-c2ccccc2C3(c2ccccc2)c2ccccc2)c2cccc3c2oc2ccccc23)cc1. The molecule has 58 heavy (non-hydrogen) atoms. The van der Waals surface area contributed by atoms with Gasteiger partial charge in [0.05, 0.1) is 16.8 Å². The van der Waals surface area contributed by atoms with Crippen molar-refractivity contribution in [2.24, 2.45) is 0 Å². The Balaban J connectivity index is 1.24. The molecule has 0 amide bonds. The van der Waals surface area contributed by atoms with E-state index in [1.807, 2.05) is 18.2 Å². The number of benzene rings is 9. The number of para-hydroxylation sites is 4. The first-order chi connectivity index (χ1) is 28.8. The lowest BCUT2D eigenvalue weighted by molar-refractivity contribution is 0.668. The van der Waals surface area contributed by atoms with E-state index in [9.17, 15) is 0 Å². The van der Waals surface area contributed by atoms with Gasteiger partial charge in [-0.25, -0.2) is 0 Å². The third-order valence-electron chi connectivity index (χ3n) is 12.1. The molecular weight excluding hydrogens is 707 g/mol. The van der Waals surface area contributed by atoms with Crippen LogP contribution in [-0.4, -0.2) is 0 Å². The van der Waals surface area contributed by atoms with E-state index in [0.29, 0.717) is 0 Å². The number of anilines is 3. The van der Waals surface area contributed by atoms with Crippen molar-refractivity contribution >= 4 is 60.9 Å². The molecule has 272 valence electrons. The van der Waals surface area contributed by atoms with Crippen LogP contribution in [0, 0.1) is 0 Å². The van der Waals surface area contributed by atoms with E-state index in [4.69, 9.17) is 8.83 Å². The first kappa shape index (κ1) is 32.6. The van der Waals surface area contributed by atoms with E-state index in [1.54, 1.807) is 0 Å². The molecule has 0 aliphatic heterocycles. The summed E-state index contributed by atoms with van der Waals surface area (Å²) in [6.07, 6.45) is 0. The van der Waals surface area contributed by atoms with Gasteiger partial charge in [-0.2, -0.15) is 0 Å². The predicted octanol–water partition coefficient (Wildman–Crippen LogP) is 15.0. The lowest BCUT2D eigenvalue weighted by atomic mass is 9.67. The summed E-state index contributed by atoms with van der Waals surface area (Å²) in [6, 6.07) is 76.4. The Morgan fingerprint density at radius 2 is 0.931 bits per heavy atom. The Morgan fingerprint density at radius 3 is 1.67 bits per heavy atom. The average Bonchev–Trinajstić information content (AvgIpc) is 3.96. The van der Waals surface area contributed by atoms with Crippen LogP contribution < -0.4 is 4.90 Å². The van der Waals surface area contributed by atoms with Crippen LogP contribution in [0.1, 0.15) is 22.3 Å². The Hall–Kier alpha value is -7.62. The summed E-state index contributed by atoms with van der Waals surface area (Å²) in [5.41, 5.74) is 15.6. The van der Waals surface area contributed by atoms with E-state index < -0.39 is 5.41 Å². The van der Waals surface area contributed by atoms with E-state index in [2.05, 4.69) is 199 Å². The highest BCUT2D eigenvalue weighted by Crippen LogP contribution is 2.59.